The van der Waals surface area contributed by atoms with E-state index < -0.39 is 0 Å². The molecule has 0 heterocycles. The lowest BCUT2D eigenvalue weighted by Crippen LogP contribution is -2.22. The van der Waals surface area contributed by atoms with Crippen LogP contribution >= 0.6 is 0 Å². The van der Waals surface area contributed by atoms with Gasteiger partial charge in [0, 0.05) is 0 Å². The molecule has 7 aliphatic carbocycles. The summed E-state index contributed by atoms with van der Waals surface area (Å²) in [5.41, 5.74) is 0. The van der Waals surface area contributed by atoms with E-state index in [2.05, 4.69) is 48.5 Å². The molecule has 0 saturated heterocycles. The normalized spacial score (nSPS) is 32.0. The quantitative estimate of drug-likeness (QED) is 0.259. The van der Waals surface area contributed by atoms with Gasteiger partial charge in [0.1, 0.15) is 0 Å². The first-order chi connectivity index (χ1) is 30.2. The van der Waals surface area contributed by atoms with Gasteiger partial charge in [-0.25, -0.2) is 0 Å². The average molecular weight is 886 g/mol. The summed E-state index contributed by atoms with van der Waals surface area (Å²) in [6.07, 6.45) is 60.2. The summed E-state index contributed by atoms with van der Waals surface area (Å²) in [5.74, 6) is 11.6. The van der Waals surface area contributed by atoms with Crippen LogP contribution in [0.5, 0.6) is 0 Å². The van der Waals surface area contributed by atoms with E-state index in [1.54, 1.807) is 44.9 Å². The Bertz CT molecular complexity index is 790. The highest BCUT2D eigenvalue weighted by molar-refractivity contribution is 4.86. The van der Waals surface area contributed by atoms with Crippen LogP contribution < -0.4 is 0 Å². The van der Waals surface area contributed by atoms with Gasteiger partial charge in [0.25, 0.3) is 0 Å². The predicted molar refractivity (Wildman–Crippen MR) is 292 cm³/mol. The summed E-state index contributed by atoms with van der Waals surface area (Å²) in [6.45, 7) is 24.9. The predicted octanol–water partition coefficient (Wildman–Crippen LogP) is 23.2. The first-order valence-corrected chi connectivity index (χ1v) is 30.2. The molecule has 380 valence electrons. The van der Waals surface area contributed by atoms with Crippen molar-refractivity contribution in [1.82, 2.24) is 0 Å². The third-order valence-corrected chi connectivity index (χ3v) is 17.1. The Morgan fingerprint density at radius 2 is 0.333 bits per heavy atom. The van der Waals surface area contributed by atoms with Crippen molar-refractivity contribution in [2.24, 2.45) is 65.1 Å². The SMILES string of the molecule is C.CC.CC.CC1CCCC(C)CCC1.CC1CCCC(C)CCC1.CC1CCCC(C2CCCCCC(C3CC3)C2)CCC1.CC1CCCCCCC1.CC1CCCCCCC1. The average Bonchev–Trinajstić information content (AvgIpc) is 4.07. The van der Waals surface area contributed by atoms with Crippen LogP contribution in [0.15, 0.2) is 0 Å². The molecular formula is C63H128. The van der Waals surface area contributed by atoms with Crippen molar-refractivity contribution in [2.45, 2.75) is 340 Å². The Labute approximate surface area is 403 Å². The molecule has 0 heteroatoms. The third kappa shape index (κ3) is 35.8. The van der Waals surface area contributed by atoms with Crippen LogP contribution in [0.25, 0.3) is 0 Å². The Morgan fingerprint density at radius 1 is 0.175 bits per heavy atom. The van der Waals surface area contributed by atoms with Crippen molar-refractivity contribution in [3.63, 3.8) is 0 Å². The molecule has 0 amide bonds. The maximum absolute atomic E-state index is 2.47. The second-order valence-electron chi connectivity index (χ2n) is 23.5. The number of hydrogen-bond acceptors (Lipinski definition) is 0. The van der Waals surface area contributed by atoms with E-state index in [0.717, 1.165) is 65.1 Å². The summed E-state index contributed by atoms with van der Waals surface area (Å²) in [4.78, 5) is 0. The molecule has 0 aromatic carbocycles. The third-order valence-electron chi connectivity index (χ3n) is 17.1. The van der Waals surface area contributed by atoms with Gasteiger partial charge in [-0.15, -0.1) is 0 Å². The summed E-state index contributed by atoms with van der Waals surface area (Å²) in [7, 11) is 0. The van der Waals surface area contributed by atoms with E-state index in [9.17, 15) is 0 Å². The van der Waals surface area contributed by atoms with Gasteiger partial charge in [0.05, 0.1) is 0 Å². The topological polar surface area (TPSA) is 0 Å². The molecular weight excluding hydrogens is 757 g/mol. The van der Waals surface area contributed by atoms with Crippen LogP contribution in [0.3, 0.4) is 0 Å². The molecule has 0 aromatic heterocycles. The molecule has 7 aliphatic rings. The Morgan fingerprint density at radius 3 is 0.587 bits per heavy atom. The van der Waals surface area contributed by atoms with E-state index in [-0.39, 0.29) is 7.43 Å². The van der Waals surface area contributed by atoms with Gasteiger partial charge in [-0.2, -0.15) is 0 Å². The molecule has 0 aromatic rings. The molecule has 0 nitrogen and oxygen atoms in total. The highest BCUT2D eigenvalue weighted by Gasteiger charge is 2.35. The minimum absolute atomic E-state index is 0. The molecule has 2 atom stereocenters. The lowest BCUT2D eigenvalue weighted by molar-refractivity contribution is 0.173. The summed E-state index contributed by atoms with van der Waals surface area (Å²) in [5, 5.41) is 0. The van der Waals surface area contributed by atoms with Gasteiger partial charge < -0.3 is 0 Å². The molecule has 63 heavy (non-hydrogen) atoms. The van der Waals surface area contributed by atoms with Crippen LogP contribution in [0.4, 0.5) is 0 Å². The van der Waals surface area contributed by atoms with Crippen molar-refractivity contribution in [3.8, 4) is 0 Å². The van der Waals surface area contributed by atoms with Crippen LogP contribution in [-0.4, -0.2) is 0 Å². The van der Waals surface area contributed by atoms with Gasteiger partial charge >= 0.3 is 0 Å². The van der Waals surface area contributed by atoms with Crippen LogP contribution in [0.1, 0.15) is 340 Å². The molecule has 0 aliphatic heterocycles. The number of rotatable bonds is 2. The molecule has 0 N–H and O–H groups in total. The monoisotopic (exact) mass is 885 g/mol. The second kappa shape index (κ2) is 43.3. The van der Waals surface area contributed by atoms with Gasteiger partial charge in [-0.05, 0) is 84.4 Å². The maximum atomic E-state index is 2.47. The smallest absolute Gasteiger partial charge is 0.0383 e. The molecule has 0 spiro atoms. The fourth-order valence-corrected chi connectivity index (χ4v) is 12.4. The van der Waals surface area contributed by atoms with E-state index in [0.29, 0.717) is 0 Å². The lowest BCUT2D eigenvalue weighted by Gasteiger charge is -2.34. The molecule has 0 radical (unpaired) electrons. The van der Waals surface area contributed by atoms with Gasteiger partial charge in [-0.1, -0.05) is 321 Å². The van der Waals surface area contributed by atoms with Crippen molar-refractivity contribution >= 4 is 0 Å². The molecule has 0 bridgehead atoms. The maximum Gasteiger partial charge on any atom is -0.0383 e. The molecule has 7 fully saturated rings. The summed E-state index contributed by atoms with van der Waals surface area (Å²) in [6, 6.07) is 0. The largest absolute Gasteiger partial charge is 0.0776 e. The fraction of sp³-hybridized carbons (Fsp3) is 1.00. The van der Waals surface area contributed by atoms with E-state index >= 15 is 0 Å². The molecule has 7 rings (SSSR count). The van der Waals surface area contributed by atoms with E-state index in [1.165, 1.54) is 212 Å². The van der Waals surface area contributed by atoms with Gasteiger partial charge in [0.2, 0.25) is 0 Å². The standard InChI is InChI=1S/C20H36.2C10H20.2C9H18.2C2H6.CH4/c1-16-7-5-11-17(12-6-8-16)19-9-3-2-4-10-20(15-19)18-13-14-18;2*1-9-5-3-7-10(2)8-4-6-9;2*1-9-7-5-3-2-4-6-8-9;2*1-2;/h16-20H,2-15H2,1H3;2*9-10H,3-8H2,1-2H3;2*9H,2-8H2,1H3;2*1-2H3;1H4. The summed E-state index contributed by atoms with van der Waals surface area (Å²) < 4.78 is 0. The van der Waals surface area contributed by atoms with Crippen LogP contribution in [0, 0.1) is 65.1 Å². The molecule has 7 saturated carbocycles. The Balaban J connectivity index is 0.000000778. The van der Waals surface area contributed by atoms with E-state index in [1.807, 2.05) is 27.7 Å². The first-order valence-electron chi connectivity index (χ1n) is 30.2. The summed E-state index contributed by atoms with van der Waals surface area (Å²) >= 11 is 0. The Kier molecular flexibility index (Phi) is 43.3. The second-order valence-corrected chi connectivity index (χ2v) is 23.5. The van der Waals surface area contributed by atoms with Gasteiger partial charge in [-0.3, -0.25) is 0 Å². The zero-order chi connectivity index (χ0) is 45.6. The Hall–Kier alpha value is 0. The number of hydrogen-bond donors (Lipinski definition) is 0. The van der Waals surface area contributed by atoms with Crippen molar-refractivity contribution in [1.29, 1.82) is 0 Å². The molecule has 2 unspecified atom stereocenters. The fourth-order valence-electron chi connectivity index (χ4n) is 12.4. The van der Waals surface area contributed by atoms with Gasteiger partial charge in [0.15, 0.2) is 0 Å². The van der Waals surface area contributed by atoms with Crippen molar-refractivity contribution < 1.29 is 0 Å². The minimum Gasteiger partial charge on any atom is -0.0776 e. The minimum atomic E-state index is 0. The highest BCUT2D eigenvalue weighted by Crippen LogP contribution is 2.47. The van der Waals surface area contributed by atoms with Crippen LogP contribution in [0.2, 0.25) is 0 Å². The highest BCUT2D eigenvalue weighted by atomic mass is 14.4. The first kappa shape index (κ1) is 63.0. The zero-order valence-corrected chi connectivity index (χ0v) is 45.6. The van der Waals surface area contributed by atoms with Crippen molar-refractivity contribution in [2.75, 3.05) is 0 Å². The van der Waals surface area contributed by atoms with Crippen molar-refractivity contribution in [3.05, 3.63) is 0 Å². The lowest BCUT2D eigenvalue weighted by atomic mass is 9.72. The zero-order valence-electron chi connectivity index (χ0n) is 45.6. The van der Waals surface area contributed by atoms with Crippen LogP contribution in [-0.2, 0) is 0 Å². The van der Waals surface area contributed by atoms with E-state index in [4.69, 9.17) is 0 Å².